The van der Waals surface area contributed by atoms with Gasteiger partial charge in [-0.25, -0.2) is 4.79 Å². The van der Waals surface area contributed by atoms with Gasteiger partial charge in [0.05, 0.1) is 23.8 Å². The minimum Gasteiger partial charge on any atom is -0.465 e. The van der Waals surface area contributed by atoms with Crippen LogP contribution in [0.2, 0.25) is 0 Å². The Morgan fingerprint density at radius 1 is 1.13 bits per heavy atom. The van der Waals surface area contributed by atoms with E-state index in [-0.39, 0.29) is 22.5 Å². The van der Waals surface area contributed by atoms with Gasteiger partial charge >= 0.3 is 12.1 Å². The zero-order valence-electron chi connectivity index (χ0n) is 16.4. The van der Waals surface area contributed by atoms with Gasteiger partial charge in [0.2, 0.25) is 0 Å². The molecule has 2 aromatic rings. The van der Waals surface area contributed by atoms with Gasteiger partial charge in [-0.2, -0.15) is 13.2 Å². The fourth-order valence-electron chi connectivity index (χ4n) is 3.18. The van der Waals surface area contributed by atoms with Crippen molar-refractivity contribution >= 4 is 35.4 Å². The zero-order chi connectivity index (χ0) is 22.1. The number of amides is 1. The molecule has 0 aromatic heterocycles. The van der Waals surface area contributed by atoms with E-state index in [1.165, 1.54) is 32.2 Å². The first-order valence-corrected chi connectivity index (χ1v) is 10.1. The van der Waals surface area contributed by atoms with Crippen LogP contribution in [0.1, 0.15) is 18.1 Å². The number of esters is 1. The first-order valence-electron chi connectivity index (χ1n) is 8.84. The molecule has 2 aromatic carbocycles. The standard InChI is InChI=1S/C22H18F3NO3S/c1-13-19(21(28)29-2)18(11-14-7-9-17(30-3)10-8-14)20(27)26(13)16-6-4-5-15(12-16)22(23,24)25/h4-12H,1-3H3/b18-11-. The van der Waals surface area contributed by atoms with Gasteiger partial charge in [-0.15, -0.1) is 11.8 Å². The number of anilines is 1. The Balaban J connectivity index is 2.11. The molecule has 0 atom stereocenters. The normalized spacial score (nSPS) is 15.9. The summed E-state index contributed by atoms with van der Waals surface area (Å²) in [4.78, 5) is 27.7. The van der Waals surface area contributed by atoms with Gasteiger partial charge in [0.1, 0.15) is 0 Å². The molecule has 1 amide bonds. The SMILES string of the molecule is COC(=O)C1=C(C)N(c2cccc(C(F)(F)F)c2)C(=O)/C1=C\c1ccc(SC)cc1. The Labute approximate surface area is 176 Å². The number of carbonyl (C=O) groups excluding carboxylic acids is 2. The number of benzene rings is 2. The Bertz CT molecular complexity index is 1060. The largest absolute Gasteiger partial charge is 0.465 e. The summed E-state index contributed by atoms with van der Waals surface area (Å²) in [5.74, 6) is -1.33. The smallest absolute Gasteiger partial charge is 0.416 e. The van der Waals surface area contributed by atoms with Crippen molar-refractivity contribution in [3.8, 4) is 0 Å². The third kappa shape index (κ3) is 4.14. The average molecular weight is 433 g/mol. The molecule has 0 N–H and O–H groups in total. The molecule has 30 heavy (non-hydrogen) atoms. The monoisotopic (exact) mass is 433 g/mol. The molecule has 0 saturated carbocycles. The number of allylic oxidation sites excluding steroid dienone is 1. The van der Waals surface area contributed by atoms with Crippen LogP contribution in [0, 0.1) is 0 Å². The van der Waals surface area contributed by atoms with E-state index in [9.17, 15) is 22.8 Å². The molecule has 0 spiro atoms. The first-order chi connectivity index (χ1) is 14.2. The molecular formula is C22H18F3NO3S. The second kappa shape index (κ2) is 8.39. The molecular weight excluding hydrogens is 415 g/mol. The Morgan fingerprint density at radius 2 is 1.80 bits per heavy atom. The Hall–Kier alpha value is -3.00. The predicted molar refractivity (Wildman–Crippen MR) is 110 cm³/mol. The number of methoxy groups -OCH3 is 1. The summed E-state index contributed by atoms with van der Waals surface area (Å²) in [7, 11) is 1.19. The Morgan fingerprint density at radius 3 is 2.37 bits per heavy atom. The summed E-state index contributed by atoms with van der Waals surface area (Å²) in [5, 5.41) is 0. The molecule has 0 unspecified atom stereocenters. The molecule has 1 aliphatic heterocycles. The van der Waals surface area contributed by atoms with Crippen LogP contribution in [0.15, 0.2) is 70.3 Å². The molecule has 8 heteroatoms. The molecule has 1 heterocycles. The highest BCUT2D eigenvalue weighted by atomic mass is 32.2. The number of rotatable bonds is 4. The van der Waals surface area contributed by atoms with Gasteiger partial charge < -0.3 is 4.74 Å². The van der Waals surface area contributed by atoms with Gasteiger partial charge in [0.15, 0.2) is 0 Å². The van der Waals surface area contributed by atoms with Crippen LogP contribution in [0.4, 0.5) is 18.9 Å². The van der Waals surface area contributed by atoms with Crippen molar-refractivity contribution in [3.63, 3.8) is 0 Å². The molecule has 0 bridgehead atoms. The maximum atomic E-state index is 13.2. The van der Waals surface area contributed by atoms with E-state index in [1.54, 1.807) is 23.9 Å². The van der Waals surface area contributed by atoms with E-state index in [1.807, 2.05) is 18.4 Å². The minimum atomic E-state index is -4.56. The molecule has 0 aliphatic carbocycles. The van der Waals surface area contributed by atoms with Gasteiger partial charge in [-0.05, 0) is 55.2 Å². The van der Waals surface area contributed by atoms with Crippen molar-refractivity contribution in [2.45, 2.75) is 18.0 Å². The van der Waals surface area contributed by atoms with Crippen LogP contribution < -0.4 is 4.90 Å². The van der Waals surface area contributed by atoms with E-state index >= 15 is 0 Å². The van der Waals surface area contributed by atoms with E-state index in [0.717, 1.165) is 21.9 Å². The van der Waals surface area contributed by atoms with Crippen molar-refractivity contribution < 1.29 is 27.5 Å². The number of ether oxygens (including phenoxy) is 1. The quantitative estimate of drug-likeness (QED) is 0.373. The number of thioether (sulfide) groups is 1. The van der Waals surface area contributed by atoms with Gasteiger partial charge in [0.25, 0.3) is 5.91 Å². The highest BCUT2D eigenvalue weighted by Gasteiger charge is 2.39. The molecule has 0 saturated heterocycles. The third-order valence-corrected chi connectivity index (χ3v) is 5.39. The van der Waals surface area contributed by atoms with Crippen molar-refractivity contribution in [3.05, 3.63) is 76.5 Å². The maximum absolute atomic E-state index is 13.2. The fraction of sp³-hybridized carbons (Fsp3) is 0.182. The second-order valence-corrected chi connectivity index (χ2v) is 7.35. The average Bonchev–Trinajstić information content (AvgIpc) is 2.97. The van der Waals surface area contributed by atoms with Crippen molar-refractivity contribution in [2.24, 2.45) is 0 Å². The lowest BCUT2D eigenvalue weighted by atomic mass is 10.0. The minimum absolute atomic E-state index is 0.0221. The molecule has 4 nitrogen and oxygen atoms in total. The lowest BCUT2D eigenvalue weighted by Gasteiger charge is -2.19. The molecule has 3 rings (SSSR count). The summed E-state index contributed by atoms with van der Waals surface area (Å²) in [6, 6.07) is 11.7. The van der Waals surface area contributed by atoms with Crippen molar-refractivity contribution in [2.75, 3.05) is 18.3 Å². The van der Waals surface area contributed by atoms with Gasteiger partial charge in [0, 0.05) is 16.3 Å². The van der Waals surface area contributed by atoms with Crippen LogP contribution in [0.5, 0.6) is 0 Å². The molecule has 156 valence electrons. The van der Waals surface area contributed by atoms with Gasteiger partial charge in [-0.1, -0.05) is 18.2 Å². The maximum Gasteiger partial charge on any atom is 0.416 e. The van der Waals surface area contributed by atoms with Crippen LogP contribution in [-0.4, -0.2) is 25.2 Å². The second-order valence-electron chi connectivity index (χ2n) is 6.47. The zero-order valence-corrected chi connectivity index (χ0v) is 17.2. The molecule has 1 aliphatic rings. The third-order valence-electron chi connectivity index (χ3n) is 4.65. The summed E-state index contributed by atoms with van der Waals surface area (Å²) >= 11 is 1.56. The Kier molecular flexibility index (Phi) is 6.07. The van der Waals surface area contributed by atoms with Crippen LogP contribution in [0.3, 0.4) is 0 Å². The highest BCUT2D eigenvalue weighted by molar-refractivity contribution is 7.98. The van der Waals surface area contributed by atoms with Gasteiger partial charge in [-0.3, -0.25) is 9.69 Å². The van der Waals surface area contributed by atoms with E-state index < -0.39 is 23.6 Å². The van der Waals surface area contributed by atoms with Crippen LogP contribution in [-0.2, 0) is 20.5 Å². The van der Waals surface area contributed by atoms with E-state index in [2.05, 4.69) is 0 Å². The summed E-state index contributed by atoms with van der Waals surface area (Å²) < 4.78 is 44.2. The number of halogens is 3. The lowest BCUT2D eigenvalue weighted by molar-refractivity contribution is -0.137. The molecule has 0 fully saturated rings. The van der Waals surface area contributed by atoms with E-state index in [4.69, 9.17) is 4.74 Å². The lowest BCUT2D eigenvalue weighted by Crippen LogP contribution is -2.24. The number of alkyl halides is 3. The van der Waals surface area contributed by atoms with Crippen LogP contribution in [0.25, 0.3) is 6.08 Å². The predicted octanol–water partition coefficient (Wildman–Crippen LogP) is 5.30. The summed E-state index contributed by atoms with van der Waals surface area (Å²) in [6.07, 6.45) is -1.09. The fourth-order valence-corrected chi connectivity index (χ4v) is 3.59. The number of hydrogen-bond donors (Lipinski definition) is 0. The van der Waals surface area contributed by atoms with Crippen molar-refractivity contribution in [1.82, 2.24) is 0 Å². The highest BCUT2D eigenvalue weighted by Crippen LogP contribution is 2.38. The van der Waals surface area contributed by atoms with E-state index in [0.29, 0.717) is 5.56 Å². The topological polar surface area (TPSA) is 46.6 Å². The first kappa shape index (κ1) is 21.7. The van der Waals surface area contributed by atoms with Crippen molar-refractivity contribution in [1.29, 1.82) is 0 Å². The number of carbonyl (C=O) groups is 2. The molecule has 0 radical (unpaired) electrons. The summed E-state index contributed by atoms with van der Waals surface area (Å²) in [5.41, 5.74) is 0.108. The van der Waals surface area contributed by atoms with Crippen LogP contribution >= 0.6 is 11.8 Å². The number of hydrogen-bond acceptors (Lipinski definition) is 4. The summed E-state index contributed by atoms with van der Waals surface area (Å²) in [6.45, 7) is 1.50. The number of nitrogens with zero attached hydrogens (tertiary/aromatic N) is 1.